The summed E-state index contributed by atoms with van der Waals surface area (Å²) < 4.78 is 40.3. The Morgan fingerprint density at radius 1 is 1.12 bits per heavy atom. The Bertz CT molecular complexity index is 938. The Balaban J connectivity index is 1.96. The lowest BCUT2D eigenvalue weighted by Crippen LogP contribution is -2.14. The van der Waals surface area contributed by atoms with E-state index in [4.69, 9.17) is 0 Å². The van der Waals surface area contributed by atoms with E-state index in [1.165, 1.54) is 12.1 Å². The third kappa shape index (κ3) is 3.13. The van der Waals surface area contributed by atoms with Crippen molar-refractivity contribution >= 4 is 15.8 Å². The number of hydrogen-bond acceptors (Lipinski definition) is 4. The zero-order valence-corrected chi connectivity index (χ0v) is 13.6. The monoisotopic (exact) mass is 346 g/mol. The number of pyridine rings is 1. The molecular formula is C16H15FN4O2S. The molecule has 3 rings (SSSR count). The van der Waals surface area contributed by atoms with Gasteiger partial charge in [0.25, 0.3) is 10.0 Å². The van der Waals surface area contributed by atoms with Gasteiger partial charge in [0, 0.05) is 23.5 Å². The van der Waals surface area contributed by atoms with Crippen molar-refractivity contribution in [1.29, 1.82) is 0 Å². The van der Waals surface area contributed by atoms with Crippen LogP contribution in [-0.2, 0) is 16.4 Å². The van der Waals surface area contributed by atoms with E-state index in [0.717, 1.165) is 29.0 Å². The molecule has 8 heteroatoms. The molecule has 2 aromatic heterocycles. The van der Waals surface area contributed by atoms with Crippen LogP contribution in [0.25, 0.3) is 11.3 Å². The maximum Gasteiger partial charge on any atom is 0.263 e. The van der Waals surface area contributed by atoms with Crippen molar-refractivity contribution in [1.82, 2.24) is 15.2 Å². The first-order valence-corrected chi connectivity index (χ1v) is 8.75. The smallest absolute Gasteiger partial charge is 0.263 e. The average molecular weight is 346 g/mol. The summed E-state index contributed by atoms with van der Waals surface area (Å²) in [5.74, 6) is -0.267. The first kappa shape index (κ1) is 16.1. The summed E-state index contributed by atoms with van der Waals surface area (Å²) in [6.07, 6.45) is 3.88. The minimum Gasteiger partial charge on any atom is -0.275 e. The van der Waals surface area contributed by atoms with Crippen molar-refractivity contribution in [3.63, 3.8) is 0 Å². The van der Waals surface area contributed by atoms with E-state index in [-0.39, 0.29) is 10.7 Å². The molecule has 0 bridgehead atoms. The zero-order valence-electron chi connectivity index (χ0n) is 12.8. The molecule has 124 valence electrons. The molecule has 0 saturated heterocycles. The maximum atomic E-state index is 13.0. The van der Waals surface area contributed by atoms with Crippen molar-refractivity contribution in [3.05, 3.63) is 60.2 Å². The number of benzene rings is 1. The number of aromatic nitrogens is 3. The molecule has 3 aromatic rings. The summed E-state index contributed by atoms with van der Waals surface area (Å²) in [6, 6.07) is 8.24. The lowest BCUT2D eigenvalue weighted by Gasteiger charge is -2.08. The van der Waals surface area contributed by atoms with E-state index >= 15 is 0 Å². The van der Waals surface area contributed by atoms with Gasteiger partial charge in [-0.15, -0.1) is 0 Å². The highest BCUT2D eigenvalue weighted by molar-refractivity contribution is 7.92. The molecule has 0 saturated carbocycles. The fraction of sp³-hybridized carbons (Fsp3) is 0.125. The summed E-state index contributed by atoms with van der Waals surface area (Å²) >= 11 is 0. The molecule has 0 aliphatic carbocycles. The van der Waals surface area contributed by atoms with Crippen LogP contribution < -0.4 is 4.72 Å². The van der Waals surface area contributed by atoms with E-state index in [0.29, 0.717) is 6.42 Å². The van der Waals surface area contributed by atoms with E-state index in [1.54, 1.807) is 12.4 Å². The molecule has 0 atom stereocenters. The van der Waals surface area contributed by atoms with Gasteiger partial charge in [-0.25, -0.2) is 12.8 Å². The number of hydrogen-bond donors (Lipinski definition) is 2. The highest BCUT2D eigenvalue weighted by atomic mass is 32.2. The number of aromatic amines is 1. The van der Waals surface area contributed by atoms with Gasteiger partial charge in [0.2, 0.25) is 0 Å². The number of anilines is 1. The van der Waals surface area contributed by atoms with E-state index < -0.39 is 15.8 Å². The predicted molar refractivity (Wildman–Crippen MR) is 88.4 cm³/mol. The molecule has 0 fully saturated rings. The van der Waals surface area contributed by atoms with Crippen LogP contribution in [0.4, 0.5) is 10.2 Å². The van der Waals surface area contributed by atoms with Gasteiger partial charge in [0.05, 0.1) is 10.6 Å². The van der Waals surface area contributed by atoms with Crippen LogP contribution >= 0.6 is 0 Å². The van der Waals surface area contributed by atoms with Crippen LogP contribution in [-0.4, -0.2) is 23.6 Å². The summed E-state index contributed by atoms with van der Waals surface area (Å²) in [5.41, 5.74) is 2.34. The fourth-order valence-electron chi connectivity index (χ4n) is 2.35. The Labute approximate surface area is 138 Å². The molecule has 6 nitrogen and oxygen atoms in total. The first-order chi connectivity index (χ1) is 11.5. The van der Waals surface area contributed by atoms with E-state index in [9.17, 15) is 12.8 Å². The van der Waals surface area contributed by atoms with Crippen LogP contribution in [0, 0.1) is 5.82 Å². The normalized spacial score (nSPS) is 11.4. The second kappa shape index (κ2) is 6.40. The highest BCUT2D eigenvalue weighted by Crippen LogP contribution is 2.28. The molecule has 0 unspecified atom stereocenters. The van der Waals surface area contributed by atoms with Crippen molar-refractivity contribution in [3.8, 4) is 11.3 Å². The SMILES string of the molecule is CCc1c(NS(=O)(=O)c2ccc(F)cc2)n[nH]c1-c1ccncc1. The number of H-pyrrole nitrogens is 1. The van der Waals surface area contributed by atoms with Crippen molar-refractivity contribution in [2.75, 3.05) is 4.72 Å². The highest BCUT2D eigenvalue weighted by Gasteiger charge is 2.20. The second-order valence-corrected chi connectivity index (χ2v) is 6.76. The Morgan fingerprint density at radius 2 is 1.79 bits per heavy atom. The first-order valence-electron chi connectivity index (χ1n) is 7.27. The summed E-state index contributed by atoms with van der Waals surface area (Å²) in [6.45, 7) is 1.91. The largest absolute Gasteiger partial charge is 0.275 e. The number of sulfonamides is 1. The van der Waals surface area contributed by atoms with Crippen LogP contribution in [0.3, 0.4) is 0 Å². The van der Waals surface area contributed by atoms with Gasteiger partial charge in [-0.1, -0.05) is 6.92 Å². The minimum absolute atomic E-state index is 0.0283. The Hall–Kier alpha value is -2.74. The summed E-state index contributed by atoms with van der Waals surface area (Å²) in [4.78, 5) is 3.93. The summed E-state index contributed by atoms with van der Waals surface area (Å²) in [7, 11) is -3.84. The molecule has 0 amide bonds. The Kier molecular flexibility index (Phi) is 4.30. The fourth-order valence-corrected chi connectivity index (χ4v) is 3.39. The zero-order chi connectivity index (χ0) is 17.2. The van der Waals surface area contributed by atoms with Gasteiger partial charge in [-0.3, -0.25) is 14.8 Å². The molecule has 0 aliphatic rings. The quantitative estimate of drug-likeness (QED) is 0.743. The van der Waals surface area contributed by atoms with Crippen LogP contribution in [0.5, 0.6) is 0 Å². The summed E-state index contributed by atoms with van der Waals surface area (Å²) in [5, 5.41) is 6.94. The van der Waals surface area contributed by atoms with Crippen molar-refractivity contribution < 1.29 is 12.8 Å². The maximum absolute atomic E-state index is 13.0. The molecule has 24 heavy (non-hydrogen) atoms. The minimum atomic E-state index is -3.84. The lowest BCUT2D eigenvalue weighted by molar-refractivity contribution is 0.599. The van der Waals surface area contributed by atoms with Crippen molar-refractivity contribution in [2.45, 2.75) is 18.2 Å². The number of rotatable bonds is 5. The molecule has 1 aromatic carbocycles. The standard InChI is InChI=1S/C16H15FN4O2S/c1-2-14-15(11-7-9-18-10-8-11)19-20-16(14)21-24(22,23)13-5-3-12(17)4-6-13/h3-10H,2H2,1H3,(H2,19,20,21). The molecule has 0 spiro atoms. The Morgan fingerprint density at radius 3 is 2.42 bits per heavy atom. The molecular weight excluding hydrogens is 331 g/mol. The van der Waals surface area contributed by atoms with E-state index in [2.05, 4.69) is 19.9 Å². The van der Waals surface area contributed by atoms with Crippen LogP contribution in [0.2, 0.25) is 0 Å². The van der Waals surface area contributed by atoms with Crippen LogP contribution in [0.15, 0.2) is 53.7 Å². The van der Waals surface area contributed by atoms with Gasteiger partial charge < -0.3 is 0 Å². The number of nitrogens with one attached hydrogen (secondary N) is 2. The van der Waals surface area contributed by atoms with Gasteiger partial charge in [0.1, 0.15) is 5.82 Å². The van der Waals surface area contributed by atoms with Gasteiger partial charge >= 0.3 is 0 Å². The predicted octanol–water partition coefficient (Wildman–Crippen LogP) is 2.97. The number of nitrogens with zero attached hydrogens (tertiary/aromatic N) is 2. The average Bonchev–Trinajstić information content (AvgIpc) is 2.98. The van der Waals surface area contributed by atoms with Gasteiger partial charge in [-0.05, 0) is 42.8 Å². The van der Waals surface area contributed by atoms with Crippen LogP contribution in [0.1, 0.15) is 12.5 Å². The molecule has 0 aliphatic heterocycles. The van der Waals surface area contributed by atoms with Gasteiger partial charge in [0.15, 0.2) is 5.82 Å². The molecule has 0 radical (unpaired) electrons. The number of halogens is 1. The molecule has 2 N–H and O–H groups in total. The third-order valence-electron chi connectivity index (χ3n) is 3.54. The molecule has 2 heterocycles. The van der Waals surface area contributed by atoms with Crippen molar-refractivity contribution in [2.24, 2.45) is 0 Å². The van der Waals surface area contributed by atoms with Gasteiger partial charge in [-0.2, -0.15) is 5.10 Å². The van der Waals surface area contributed by atoms with E-state index in [1.807, 2.05) is 19.1 Å². The third-order valence-corrected chi connectivity index (χ3v) is 4.90. The second-order valence-electron chi connectivity index (χ2n) is 5.07. The topological polar surface area (TPSA) is 87.7 Å². The lowest BCUT2D eigenvalue weighted by atomic mass is 10.1.